The molecule has 0 aliphatic carbocycles. The van der Waals surface area contributed by atoms with Crippen molar-refractivity contribution in [3.8, 4) is 0 Å². The zero-order valence-electron chi connectivity index (χ0n) is 7.83. The average molecular weight is 336 g/mol. The molecule has 3 nitrogen and oxygen atoms in total. The second-order valence-corrected chi connectivity index (χ2v) is 4.53. The van der Waals surface area contributed by atoms with Crippen LogP contribution in [0, 0.1) is 0 Å². The molecule has 0 saturated heterocycles. The molecule has 0 radical (unpaired) electrons. The van der Waals surface area contributed by atoms with Crippen LogP contribution in [-0.2, 0) is 13.6 Å². The minimum Gasteiger partial charge on any atom is -0.252 e. The van der Waals surface area contributed by atoms with E-state index in [9.17, 15) is 52.9 Å². The Bertz CT molecular complexity index is 344. The lowest BCUT2D eigenvalue weighted by atomic mass is 10.7. The van der Waals surface area contributed by atoms with E-state index in [-0.39, 0.29) is 0 Å². The maximum absolute atomic E-state index is 12.4. The summed E-state index contributed by atoms with van der Waals surface area (Å²) < 4.78 is 143. The van der Waals surface area contributed by atoms with E-state index in [1.54, 1.807) is 9.05 Å². The molecule has 0 atom stereocenters. The van der Waals surface area contributed by atoms with Gasteiger partial charge in [-0.2, -0.15) is 22.0 Å². The van der Waals surface area contributed by atoms with E-state index in [0.717, 1.165) is 0 Å². The Kier molecular flexibility index (Phi) is 4.58. The molecule has 0 N–H and O–H groups in total. The zero-order chi connectivity index (χ0) is 15.9. The van der Waals surface area contributed by atoms with Crippen molar-refractivity contribution in [2.24, 2.45) is 0 Å². The van der Waals surface area contributed by atoms with Gasteiger partial charge >= 0.3 is 32.2 Å². The van der Waals surface area contributed by atoms with Gasteiger partial charge in [0.2, 0.25) is 0 Å². The Morgan fingerprint density at radius 2 is 0.895 bits per heavy atom. The third-order valence-electron chi connectivity index (χ3n) is 1.13. The van der Waals surface area contributed by atoms with E-state index in [0.29, 0.717) is 0 Å². The number of rotatable bonds is 3. The van der Waals surface area contributed by atoms with Gasteiger partial charge in [0.25, 0.3) is 0 Å². The van der Waals surface area contributed by atoms with Crippen LogP contribution in [0.5, 0.6) is 0 Å². The van der Waals surface area contributed by atoms with Crippen LogP contribution in [0.25, 0.3) is 0 Å². The number of alkyl halides is 11. The maximum Gasteiger partial charge on any atom is 0.529 e. The molecule has 116 valence electrons. The van der Waals surface area contributed by atoms with Crippen LogP contribution in [0.2, 0.25) is 0 Å². The maximum atomic E-state index is 12.4. The standard InChI is InChI=1S/C4F11O3P/c5-1(6,7)2(8,9)19(16,17-3(10,11)12)18-4(13,14)15. The molecule has 0 aromatic rings. The van der Waals surface area contributed by atoms with Crippen molar-refractivity contribution < 1.29 is 61.9 Å². The third-order valence-corrected chi connectivity index (χ3v) is 2.97. The molecule has 0 aromatic heterocycles. The van der Waals surface area contributed by atoms with Gasteiger partial charge in [0.05, 0.1) is 0 Å². The summed E-state index contributed by atoms with van der Waals surface area (Å²) in [6, 6.07) is 0. The number of halogens is 11. The predicted octanol–water partition coefficient (Wildman–Crippen LogP) is 4.41. The highest BCUT2D eigenvalue weighted by molar-refractivity contribution is 7.55. The van der Waals surface area contributed by atoms with Gasteiger partial charge in [-0.15, -0.1) is 26.3 Å². The predicted molar refractivity (Wildman–Crippen MR) is 32.9 cm³/mol. The molecule has 0 spiro atoms. The second-order valence-electron chi connectivity index (χ2n) is 2.61. The number of hydrogen-bond donors (Lipinski definition) is 0. The van der Waals surface area contributed by atoms with Crippen LogP contribution < -0.4 is 0 Å². The molecule has 19 heavy (non-hydrogen) atoms. The molecule has 0 fully saturated rings. The van der Waals surface area contributed by atoms with Crippen molar-refractivity contribution in [2.75, 3.05) is 0 Å². The molecule has 0 bridgehead atoms. The highest BCUT2D eigenvalue weighted by atomic mass is 31.2. The first kappa shape index (κ1) is 18.4. The molecule has 0 amide bonds. The quantitative estimate of drug-likeness (QED) is 0.566. The molecule has 15 heteroatoms. The molecule has 0 heterocycles. The second kappa shape index (κ2) is 4.74. The summed E-state index contributed by atoms with van der Waals surface area (Å²) >= 11 is 0. The average Bonchev–Trinajstić information content (AvgIpc) is 1.92. The third kappa shape index (κ3) is 4.76. The van der Waals surface area contributed by atoms with Crippen LogP contribution in [-0.4, -0.2) is 24.6 Å². The van der Waals surface area contributed by atoms with Gasteiger partial charge in [-0.1, -0.05) is 0 Å². The largest absolute Gasteiger partial charge is 0.529 e. The molecule has 0 unspecified atom stereocenters. The lowest BCUT2D eigenvalue weighted by Crippen LogP contribution is -2.40. The van der Waals surface area contributed by atoms with Crippen molar-refractivity contribution in [2.45, 2.75) is 24.6 Å². The number of hydrogen-bond acceptors (Lipinski definition) is 3. The van der Waals surface area contributed by atoms with Crippen molar-refractivity contribution in [1.82, 2.24) is 0 Å². The van der Waals surface area contributed by atoms with Crippen molar-refractivity contribution in [3.05, 3.63) is 0 Å². The minimum atomic E-state index is -8.00. The van der Waals surface area contributed by atoms with E-state index in [1.807, 2.05) is 0 Å². The molecule has 0 rings (SSSR count). The first-order chi connectivity index (χ1) is 7.91. The summed E-state index contributed by atoms with van der Waals surface area (Å²) in [5.41, 5.74) is -7.02. The molecule has 0 aromatic carbocycles. The summed E-state index contributed by atoms with van der Waals surface area (Å²) in [6.45, 7) is 0. The van der Waals surface area contributed by atoms with Gasteiger partial charge in [-0.3, -0.25) is 4.57 Å². The lowest BCUT2D eigenvalue weighted by molar-refractivity contribution is -0.326. The highest BCUT2D eigenvalue weighted by Crippen LogP contribution is 2.71. The SMILES string of the molecule is O=P(OC(F)(F)F)(OC(F)(F)F)C(F)(F)C(F)(F)F. The van der Waals surface area contributed by atoms with Gasteiger partial charge in [0.1, 0.15) is 0 Å². The Hall–Kier alpha value is -0.620. The van der Waals surface area contributed by atoms with E-state index in [4.69, 9.17) is 0 Å². The van der Waals surface area contributed by atoms with E-state index >= 15 is 0 Å². The fourth-order valence-electron chi connectivity index (χ4n) is 0.561. The zero-order valence-corrected chi connectivity index (χ0v) is 8.72. The summed E-state index contributed by atoms with van der Waals surface area (Å²) in [5, 5.41) is 0. The Morgan fingerprint density at radius 3 is 1.05 bits per heavy atom. The molecular weight excluding hydrogens is 336 g/mol. The normalized spacial score (nSPS) is 15.7. The smallest absolute Gasteiger partial charge is 0.252 e. The molecule has 0 aliphatic rings. The van der Waals surface area contributed by atoms with Crippen LogP contribution in [0.15, 0.2) is 0 Å². The van der Waals surface area contributed by atoms with Gasteiger partial charge in [0.15, 0.2) is 0 Å². The van der Waals surface area contributed by atoms with Crippen molar-refractivity contribution in [3.63, 3.8) is 0 Å². The summed E-state index contributed by atoms with van der Waals surface area (Å²) in [4.78, 5) is 0. The topological polar surface area (TPSA) is 35.5 Å². The van der Waals surface area contributed by atoms with Crippen LogP contribution >= 0.6 is 7.60 Å². The van der Waals surface area contributed by atoms with E-state index in [2.05, 4.69) is 0 Å². The van der Waals surface area contributed by atoms with Crippen molar-refractivity contribution >= 4 is 7.60 Å². The first-order valence-corrected chi connectivity index (χ1v) is 5.05. The van der Waals surface area contributed by atoms with Gasteiger partial charge in [-0.05, 0) is 0 Å². The monoisotopic (exact) mass is 336 g/mol. The van der Waals surface area contributed by atoms with Crippen LogP contribution in [0.3, 0.4) is 0 Å². The highest BCUT2D eigenvalue weighted by Gasteiger charge is 2.76. The van der Waals surface area contributed by atoms with E-state index < -0.39 is 32.2 Å². The van der Waals surface area contributed by atoms with E-state index in [1.165, 1.54) is 0 Å². The summed E-state index contributed by atoms with van der Waals surface area (Å²) in [6.07, 6.45) is -20.0. The van der Waals surface area contributed by atoms with Crippen LogP contribution in [0.4, 0.5) is 48.3 Å². The van der Waals surface area contributed by atoms with Crippen molar-refractivity contribution in [1.29, 1.82) is 0 Å². The van der Waals surface area contributed by atoms with Crippen LogP contribution in [0.1, 0.15) is 0 Å². The van der Waals surface area contributed by atoms with Gasteiger partial charge < -0.3 is 0 Å². The first-order valence-electron chi connectivity index (χ1n) is 3.51. The van der Waals surface area contributed by atoms with Gasteiger partial charge in [0, 0.05) is 0 Å². The molecule has 0 saturated carbocycles. The lowest BCUT2D eigenvalue weighted by Gasteiger charge is -2.28. The Labute approximate surface area is 95.3 Å². The Morgan fingerprint density at radius 1 is 0.632 bits per heavy atom. The Balaban J connectivity index is 5.73. The fourth-order valence-corrected chi connectivity index (χ4v) is 1.68. The summed E-state index contributed by atoms with van der Waals surface area (Å²) in [7, 11) is -8.00. The molecular formula is C4F11O3P. The molecule has 0 aliphatic heterocycles. The minimum absolute atomic E-state index is 1.74. The summed E-state index contributed by atoms with van der Waals surface area (Å²) in [5.74, 6) is 0. The van der Waals surface area contributed by atoms with Gasteiger partial charge in [-0.25, -0.2) is 9.05 Å². The fraction of sp³-hybridized carbons (Fsp3) is 1.00.